The number of phenols is 1. The smallest absolute Gasteiger partial charge is 0.368 e. The zero-order valence-corrected chi connectivity index (χ0v) is 22.2. The highest BCUT2D eigenvalue weighted by Gasteiger charge is 2.35. The van der Waals surface area contributed by atoms with Crippen LogP contribution in [0.5, 0.6) is 11.5 Å². The van der Waals surface area contributed by atoms with Gasteiger partial charge in [0, 0.05) is 11.4 Å². The summed E-state index contributed by atoms with van der Waals surface area (Å²) < 4.78 is 30.6. The Morgan fingerprint density at radius 3 is 2.54 bits per heavy atom. The maximum atomic E-state index is 13.2. The first-order valence-corrected chi connectivity index (χ1v) is 14.0. The van der Waals surface area contributed by atoms with Gasteiger partial charge in [0.05, 0.1) is 12.7 Å². The van der Waals surface area contributed by atoms with Gasteiger partial charge in [0.1, 0.15) is 11.5 Å². The quantitative estimate of drug-likeness (QED) is 0.323. The first kappa shape index (κ1) is 25.8. The zero-order valence-electron chi connectivity index (χ0n) is 20.6. The molecule has 4 rings (SSSR count). The molecule has 0 bridgehead atoms. The van der Waals surface area contributed by atoms with E-state index in [-0.39, 0.29) is 18.4 Å². The third-order valence-electron chi connectivity index (χ3n) is 6.33. The van der Waals surface area contributed by atoms with Crippen LogP contribution < -0.4 is 4.74 Å². The molecule has 3 aromatic carbocycles. The van der Waals surface area contributed by atoms with Gasteiger partial charge in [-0.1, -0.05) is 49.7 Å². The number of aromatic hydroxyl groups is 1. The number of rotatable bonds is 7. The van der Waals surface area contributed by atoms with Gasteiger partial charge < -0.3 is 14.4 Å². The molecule has 186 valence electrons. The number of benzene rings is 3. The van der Waals surface area contributed by atoms with Crippen LogP contribution in [0, 0.1) is 13.8 Å². The first-order chi connectivity index (χ1) is 16.6. The SMILES string of the molecule is Cc1cc(OC[P@]2(=O)OCC[C@@H](c3cccc(Cl)c3)O2)cc(C)c1Cc1ccc(O)c(C(C)C)c1. The van der Waals surface area contributed by atoms with E-state index in [2.05, 4.69) is 19.9 Å². The van der Waals surface area contributed by atoms with Gasteiger partial charge in [-0.2, -0.15) is 0 Å². The molecule has 3 aromatic rings. The molecule has 2 atom stereocenters. The van der Waals surface area contributed by atoms with Crippen molar-refractivity contribution in [3.63, 3.8) is 0 Å². The third-order valence-corrected chi connectivity index (χ3v) is 8.16. The minimum absolute atomic E-state index is 0.155. The molecule has 35 heavy (non-hydrogen) atoms. The molecule has 1 N–H and O–H groups in total. The lowest BCUT2D eigenvalue weighted by atomic mass is 9.93. The molecule has 0 saturated carbocycles. The van der Waals surface area contributed by atoms with Crippen molar-refractivity contribution in [3.8, 4) is 11.5 Å². The van der Waals surface area contributed by atoms with E-state index >= 15 is 0 Å². The molecule has 0 spiro atoms. The lowest BCUT2D eigenvalue weighted by molar-refractivity contribution is 0.0725. The molecule has 1 saturated heterocycles. The van der Waals surface area contributed by atoms with Crippen LogP contribution in [0.3, 0.4) is 0 Å². The standard InChI is InChI=1S/C28H32ClO5P/c1-18(2)25-14-21(8-9-27(25)30)15-26-19(3)12-24(13-20(26)4)32-17-35(31)33-11-10-28(34-35)22-6-5-7-23(29)16-22/h5-9,12-14,16,18,28,30H,10-11,15,17H2,1-4H3/t28-,35-/m0/s1. The van der Waals surface area contributed by atoms with Gasteiger partial charge in [0.2, 0.25) is 0 Å². The lowest BCUT2D eigenvalue weighted by Crippen LogP contribution is -2.17. The first-order valence-electron chi connectivity index (χ1n) is 11.9. The Hall–Kier alpha value is -2.30. The van der Waals surface area contributed by atoms with Crippen molar-refractivity contribution in [2.24, 2.45) is 0 Å². The van der Waals surface area contributed by atoms with Crippen LogP contribution in [-0.2, 0) is 20.0 Å². The molecule has 1 aliphatic rings. The van der Waals surface area contributed by atoms with Crippen molar-refractivity contribution < 1.29 is 23.5 Å². The van der Waals surface area contributed by atoms with E-state index < -0.39 is 7.60 Å². The summed E-state index contributed by atoms with van der Waals surface area (Å²) >= 11 is 6.11. The summed E-state index contributed by atoms with van der Waals surface area (Å²) in [5, 5.41) is 10.7. The highest BCUT2D eigenvalue weighted by molar-refractivity contribution is 7.53. The minimum atomic E-state index is -3.42. The zero-order chi connectivity index (χ0) is 25.2. The number of halogens is 1. The Kier molecular flexibility index (Phi) is 7.92. The van der Waals surface area contributed by atoms with Gasteiger partial charge in [-0.25, -0.2) is 0 Å². The summed E-state index contributed by atoms with van der Waals surface area (Å²) in [6.45, 7) is 8.57. The monoisotopic (exact) mass is 514 g/mol. The molecular formula is C28H32ClO5P. The highest BCUT2D eigenvalue weighted by Crippen LogP contribution is 2.56. The summed E-state index contributed by atoms with van der Waals surface area (Å²) in [4.78, 5) is 0. The second kappa shape index (κ2) is 10.8. The Morgan fingerprint density at radius 1 is 1.11 bits per heavy atom. The minimum Gasteiger partial charge on any atom is -0.508 e. The predicted molar refractivity (Wildman–Crippen MR) is 140 cm³/mol. The van der Waals surface area contributed by atoms with Gasteiger partial charge >= 0.3 is 7.60 Å². The van der Waals surface area contributed by atoms with E-state index in [9.17, 15) is 9.67 Å². The van der Waals surface area contributed by atoms with E-state index in [1.807, 2.05) is 50.2 Å². The Balaban J connectivity index is 1.45. The molecule has 1 fully saturated rings. The van der Waals surface area contributed by atoms with Crippen LogP contribution in [0.25, 0.3) is 0 Å². The number of hydrogen-bond donors (Lipinski definition) is 1. The van der Waals surface area contributed by atoms with Gasteiger partial charge in [-0.05, 0) is 89.9 Å². The van der Waals surface area contributed by atoms with E-state index in [1.165, 1.54) is 5.56 Å². The molecule has 1 aliphatic heterocycles. The molecule has 5 nitrogen and oxygen atoms in total. The van der Waals surface area contributed by atoms with Crippen molar-refractivity contribution in [3.05, 3.63) is 93.0 Å². The summed E-state index contributed by atoms with van der Waals surface area (Å²) in [5.41, 5.74) is 6.35. The normalized spacial score (nSPS) is 20.2. The molecule has 7 heteroatoms. The van der Waals surface area contributed by atoms with E-state index in [1.54, 1.807) is 12.1 Å². The van der Waals surface area contributed by atoms with Gasteiger partial charge in [-0.3, -0.25) is 9.09 Å². The average molecular weight is 515 g/mol. The predicted octanol–water partition coefficient (Wildman–Crippen LogP) is 8.08. The summed E-state index contributed by atoms with van der Waals surface area (Å²) in [6, 6.07) is 17.1. The maximum Gasteiger partial charge on any atom is 0.368 e. The van der Waals surface area contributed by atoms with Crippen LogP contribution in [0.1, 0.15) is 65.7 Å². The highest BCUT2D eigenvalue weighted by atomic mass is 35.5. The molecular weight excluding hydrogens is 483 g/mol. The number of ether oxygens (including phenoxy) is 1. The van der Waals surface area contributed by atoms with Crippen LogP contribution in [-0.4, -0.2) is 18.1 Å². The molecule has 0 radical (unpaired) electrons. The van der Waals surface area contributed by atoms with Crippen LogP contribution in [0.15, 0.2) is 54.6 Å². The largest absolute Gasteiger partial charge is 0.508 e. The summed E-state index contributed by atoms with van der Waals surface area (Å²) in [7, 11) is -3.42. The number of hydrogen-bond acceptors (Lipinski definition) is 5. The van der Waals surface area contributed by atoms with E-state index in [0.717, 1.165) is 34.2 Å². The second-order valence-electron chi connectivity index (χ2n) is 9.42. The van der Waals surface area contributed by atoms with Crippen LogP contribution in [0.2, 0.25) is 5.02 Å². The molecule has 0 amide bonds. The Labute approximate surface area is 212 Å². The summed E-state index contributed by atoms with van der Waals surface area (Å²) in [6.07, 6.45) is 0.860. The molecule has 0 aliphatic carbocycles. The fourth-order valence-corrected chi connectivity index (χ4v) is 6.13. The number of aryl methyl sites for hydroxylation is 2. The fraction of sp³-hybridized carbons (Fsp3) is 0.357. The third kappa shape index (κ3) is 6.29. The van der Waals surface area contributed by atoms with Crippen LogP contribution in [0.4, 0.5) is 0 Å². The number of phenolic OH excluding ortho intramolecular Hbond substituents is 1. The van der Waals surface area contributed by atoms with Crippen molar-refractivity contribution in [1.29, 1.82) is 0 Å². The van der Waals surface area contributed by atoms with Gasteiger partial charge in [0.15, 0.2) is 6.35 Å². The molecule has 1 heterocycles. The van der Waals surface area contributed by atoms with Crippen molar-refractivity contribution >= 4 is 19.2 Å². The average Bonchev–Trinajstić information content (AvgIpc) is 2.81. The van der Waals surface area contributed by atoms with E-state index in [0.29, 0.717) is 29.5 Å². The topological polar surface area (TPSA) is 65.0 Å². The molecule has 0 unspecified atom stereocenters. The van der Waals surface area contributed by atoms with E-state index in [4.69, 9.17) is 25.4 Å². The van der Waals surface area contributed by atoms with Crippen molar-refractivity contribution in [2.45, 2.75) is 52.6 Å². The van der Waals surface area contributed by atoms with Gasteiger partial charge in [-0.15, -0.1) is 0 Å². The maximum absolute atomic E-state index is 13.2. The Morgan fingerprint density at radius 2 is 1.86 bits per heavy atom. The summed E-state index contributed by atoms with van der Waals surface area (Å²) in [5.74, 6) is 1.21. The van der Waals surface area contributed by atoms with Gasteiger partial charge in [0.25, 0.3) is 0 Å². The second-order valence-corrected chi connectivity index (χ2v) is 11.8. The van der Waals surface area contributed by atoms with Crippen molar-refractivity contribution in [1.82, 2.24) is 0 Å². The fourth-order valence-electron chi connectivity index (χ4n) is 4.43. The van der Waals surface area contributed by atoms with Crippen molar-refractivity contribution in [2.75, 3.05) is 13.0 Å². The van der Waals surface area contributed by atoms with Crippen LogP contribution >= 0.6 is 19.2 Å². The lowest BCUT2D eigenvalue weighted by Gasteiger charge is -2.30. The Bertz CT molecular complexity index is 1230. The molecule has 0 aromatic heterocycles.